The molecule has 0 saturated heterocycles. The lowest BCUT2D eigenvalue weighted by molar-refractivity contribution is 0.0376. The van der Waals surface area contributed by atoms with Crippen LogP contribution in [-0.4, -0.2) is 11.1 Å². The van der Waals surface area contributed by atoms with E-state index in [1.54, 1.807) is 6.07 Å². The van der Waals surface area contributed by atoms with Gasteiger partial charge in [-0.15, -0.1) is 0 Å². The SMILES string of the molecule is CCC1OC(=O)c2cc3ccccc3c(O)c21. The van der Waals surface area contributed by atoms with Gasteiger partial charge in [0.1, 0.15) is 11.9 Å². The Morgan fingerprint density at radius 3 is 2.88 bits per heavy atom. The van der Waals surface area contributed by atoms with Gasteiger partial charge in [0.05, 0.1) is 5.56 Å². The van der Waals surface area contributed by atoms with Crippen molar-refractivity contribution in [2.45, 2.75) is 19.4 Å². The fourth-order valence-electron chi connectivity index (χ4n) is 2.38. The topological polar surface area (TPSA) is 46.5 Å². The van der Waals surface area contributed by atoms with E-state index in [4.69, 9.17) is 4.74 Å². The Kier molecular flexibility index (Phi) is 2.08. The van der Waals surface area contributed by atoms with Gasteiger partial charge in [0.25, 0.3) is 0 Å². The van der Waals surface area contributed by atoms with Crippen LogP contribution in [0.2, 0.25) is 0 Å². The van der Waals surface area contributed by atoms with Crippen molar-refractivity contribution in [1.82, 2.24) is 0 Å². The number of aromatic hydroxyl groups is 1. The molecule has 0 radical (unpaired) electrons. The van der Waals surface area contributed by atoms with E-state index < -0.39 is 0 Å². The molecule has 0 fully saturated rings. The third-order valence-corrected chi connectivity index (χ3v) is 3.22. The number of hydrogen-bond acceptors (Lipinski definition) is 3. The van der Waals surface area contributed by atoms with Crippen molar-refractivity contribution >= 4 is 16.7 Å². The van der Waals surface area contributed by atoms with Crippen LogP contribution >= 0.6 is 0 Å². The first-order valence-electron chi connectivity index (χ1n) is 5.68. The first-order chi connectivity index (χ1) is 8.22. The van der Waals surface area contributed by atoms with Gasteiger partial charge in [0.2, 0.25) is 0 Å². The van der Waals surface area contributed by atoms with Crippen molar-refractivity contribution in [3.05, 3.63) is 41.5 Å². The number of benzene rings is 2. The molecule has 1 N–H and O–H groups in total. The second kappa shape index (κ2) is 3.48. The molecular weight excluding hydrogens is 216 g/mol. The number of carbonyl (C=O) groups excluding carboxylic acids is 1. The van der Waals surface area contributed by atoms with Gasteiger partial charge in [0.15, 0.2) is 0 Å². The zero-order valence-corrected chi connectivity index (χ0v) is 9.43. The Labute approximate surface area is 98.6 Å². The molecule has 0 spiro atoms. The molecule has 1 aliphatic heterocycles. The zero-order valence-electron chi connectivity index (χ0n) is 9.43. The van der Waals surface area contributed by atoms with Gasteiger partial charge in [0, 0.05) is 10.9 Å². The summed E-state index contributed by atoms with van der Waals surface area (Å²) in [5.74, 6) is -0.163. The van der Waals surface area contributed by atoms with E-state index >= 15 is 0 Å². The number of rotatable bonds is 1. The molecule has 3 nitrogen and oxygen atoms in total. The van der Waals surface area contributed by atoms with Gasteiger partial charge >= 0.3 is 5.97 Å². The third kappa shape index (κ3) is 1.32. The monoisotopic (exact) mass is 228 g/mol. The van der Waals surface area contributed by atoms with Crippen LogP contribution in [0.3, 0.4) is 0 Å². The number of esters is 1. The van der Waals surface area contributed by atoms with Crippen LogP contribution in [0.25, 0.3) is 10.8 Å². The van der Waals surface area contributed by atoms with Gasteiger partial charge in [-0.1, -0.05) is 31.2 Å². The predicted octanol–water partition coefficient (Wildman–Crippen LogP) is 3.17. The lowest BCUT2D eigenvalue weighted by Crippen LogP contribution is -1.96. The van der Waals surface area contributed by atoms with E-state index in [1.807, 2.05) is 31.2 Å². The average molecular weight is 228 g/mol. The molecule has 1 unspecified atom stereocenters. The number of cyclic esters (lactones) is 1. The smallest absolute Gasteiger partial charge is 0.339 e. The summed E-state index contributed by atoms with van der Waals surface area (Å²) in [6.45, 7) is 1.93. The maximum Gasteiger partial charge on any atom is 0.339 e. The van der Waals surface area contributed by atoms with Crippen LogP contribution in [-0.2, 0) is 4.74 Å². The standard InChI is InChI=1S/C14H12O3/c1-2-11-12-10(14(16)17-11)7-8-5-3-4-6-9(8)13(12)15/h3-7,11,15H,2H2,1H3. The molecule has 1 heterocycles. The van der Waals surface area contributed by atoms with Gasteiger partial charge in [-0.25, -0.2) is 4.79 Å². The van der Waals surface area contributed by atoms with Crippen LogP contribution in [0.1, 0.15) is 35.4 Å². The molecule has 0 aromatic heterocycles. The largest absolute Gasteiger partial charge is 0.507 e. The molecule has 0 aliphatic carbocycles. The van der Waals surface area contributed by atoms with Crippen molar-refractivity contribution in [2.24, 2.45) is 0 Å². The molecule has 0 amide bonds. The van der Waals surface area contributed by atoms with Gasteiger partial charge in [-0.3, -0.25) is 0 Å². The molecule has 3 heteroatoms. The second-order valence-electron chi connectivity index (χ2n) is 4.21. The Hall–Kier alpha value is -2.03. The Morgan fingerprint density at radius 1 is 1.35 bits per heavy atom. The van der Waals surface area contributed by atoms with E-state index in [0.29, 0.717) is 17.5 Å². The highest BCUT2D eigenvalue weighted by Crippen LogP contribution is 2.42. The number of fused-ring (bicyclic) bond motifs is 2. The summed E-state index contributed by atoms with van der Waals surface area (Å²) in [6.07, 6.45) is 0.354. The number of carbonyl (C=O) groups is 1. The lowest BCUT2D eigenvalue weighted by Gasteiger charge is -2.10. The van der Waals surface area contributed by atoms with Crippen LogP contribution < -0.4 is 0 Å². The molecule has 86 valence electrons. The summed E-state index contributed by atoms with van der Waals surface area (Å²) in [6, 6.07) is 9.27. The first-order valence-corrected chi connectivity index (χ1v) is 5.68. The summed E-state index contributed by atoms with van der Waals surface area (Å²) in [7, 11) is 0. The second-order valence-corrected chi connectivity index (χ2v) is 4.21. The van der Waals surface area contributed by atoms with Crippen molar-refractivity contribution in [3.63, 3.8) is 0 Å². The molecule has 2 aromatic rings. The Balaban J connectivity index is 2.38. The minimum atomic E-state index is -0.340. The van der Waals surface area contributed by atoms with Gasteiger partial charge in [-0.05, 0) is 17.9 Å². The van der Waals surface area contributed by atoms with E-state index in [1.165, 1.54) is 0 Å². The maximum absolute atomic E-state index is 11.7. The van der Waals surface area contributed by atoms with Crippen molar-refractivity contribution < 1.29 is 14.6 Å². The fourth-order valence-corrected chi connectivity index (χ4v) is 2.38. The summed E-state index contributed by atoms with van der Waals surface area (Å²) in [5.41, 5.74) is 1.13. The highest BCUT2D eigenvalue weighted by atomic mass is 16.5. The minimum absolute atomic E-state index is 0.177. The molecule has 2 aromatic carbocycles. The van der Waals surface area contributed by atoms with Crippen LogP contribution in [0.5, 0.6) is 5.75 Å². The van der Waals surface area contributed by atoms with Crippen LogP contribution in [0, 0.1) is 0 Å². The highest BCUT2D eigenvalue weighted by Gasteiger charge is 2.33. The Morgan fingerprint density at radius 2 is 2.12 bits per heavy atom. The molecule has 1 aliphatic rings. The number of hydrogen-bond donors (Lipinski definition) is 1. The van der Waals surface area contributed by atoms with E-state index in [2.05, 4.69) is 0 Å². The van der Waals surface area contributed by atoms with Crippen LogP contribution in [0.4, 0.5) is 0 Å². The predicted molar refractivity (Wildman–Crippen MR) is 64.1 cm³/mol. The lowest BCUT2D eigenvalue weighted by atomic mass is 9.97. The summed E-state index contributed by atoms with van der Waals surface area (Å²) >= 11 is 0. The summed E-state index contributed by atoms with van der Waals surface area (Å²) in [4.78, 5) is 11.7. The Bertz CT molecular complexity index is 616. The van der Waals surface area contributed by atoms with E-state index in [0.717, 1.165) is 10.8 Å². The quantitative estimate of drug-likeness (QED) is 0.762. The third-order valence-electron chi connectivity index (χ3n) is 3.22. The molecule has 0 saturated carbocycles. The zero-order chi connectivity index (χ0) is 12.0. The molecular formula is C14H12O3. The van der Waals surface area contributed by atoms with Gasteiger partial charge < -0.3 is 9.84 Å². The number of ether oxygens (including phenoxy) is 1. The van der Waals surface area contributed by atoms with Gasteiger partial charge in [-0.2, -0.15) is 0 Å². The first kappa shape index (κ1) is 10.1. The molecule has 3 rings (SSSR count). The molecule has 0 bridgehead atoms. The number of phenolic OH excluding ortho intramolecular Hbond substituents is 1. The highest BCUT2D eigenvalue weighted by molar-refractivity contribution is 6.02. The van der Waals surface area contributed by atoms with Crippen molar-refractivity contribution in [3.8, 4) is 5.75 Å². The number of phenols is 1. The average Bonchev–Trinajstić information content (AvgIpc) is 2.67. The fraction of sp³-hybridized carbons (Fsp3) is 0.214. The summed E-state index contributed by atoms with van der Waals surface area (Å²) in [5, 5.41) is 11.9. The molecule has 17 heavy (non-hydrogen) atoms. The normalized spacial score (nSPS) is 18.2. The van der Waals surface area contributed by atoms with Crippen molar-refractivity contribution in [2.75, 3.05) is 0 Å². The van der Waals surface area contributed by atoms with E-state index in [9.17, 15) is 9.90 Å². The van der Waals surface area contributed by atoms with E-state index in [-0.39, 0.29) is 17.8 Å². The van der Waals surface area contributed by atoms with Crippen molar-refractivity contribution in [1.29, 1.82) is 0 Å². The molecule has 1 atom stereocenters. The maximum atomic E-state index is 11.7. The van der Waals surface area contributed by atoms with Crippen LogP contribution in [0.15, 0.2) is 30.3 Å². The summed E-state index contributed by atoms with van der Waals surface area (Å²) < 4.78 is 5.23. The minimum Gasteiger partial charge on any atom is -0.507 e.